The molecule has 0 radical (unpaired) electrons. The van der Waals surface area contributed by atoms with E-state index in [1.165, 1.54) is 4.90 Å². The maximum atomic E-state index is 11.6. The fourth-order valence-electron chi connectivity index (χ4n) is 2.86. The third-order valence-corrected chi connectivity index (χ3v) is 5.44. The smallest absolute Gasteiger partial charge is 0.407 e. The molecule has 0 spiro atoms. The lowest BCUT2D eigenvalue weighted by Gasteiger charge is -2.19. The summed E-state index contributed by atoms with van der Waals surface area (Å²) in [5.41, 5.74) is 2.11. The van der Waals surface area contributed by atoms with Gasteiger partial charge < -0.3 is 14.7 Å². The van der Waals surface area contributed by atoms with Crippen molar-refractivity contribution < 1.29 is 14.6 Å². The van der Waals surface area contributed by atoms with E-state index in [4.69, 9.17) is 4.74 Å². The quantitative estimate of drug-likeness (QED) is 0.544. The Kier molecular flexibility index (Phi) is 6.98. The van der Waals surface area contributed by atoms with Crippen molar-refractivity contribution in [3.63, 3.8) is 0 Å². The maximum absolute atomic E-state index is 11.6. The Morgan fingerprint density at radius 2 is 1.61 bits per heavy atom. The van der Waals surface area contributed by atoms with Crippen LogP contribution in [0, 0.1) is 0 Å². The van der Waals surface area contributed by atoms with Crippen molar-refractivity contribution in [2.24, 2.45) is 0 Å². The van der Waals surface area contributed by atoms with Gasteiger partial charge >= 0.3 is 6.09 Å². The summed E-state index contributed by atoms with van der Waals surface area (Å²) < 4.78 is 5.40. The number of amides is 1. The van der Waals surface area contributed by atoms with E-state index in [1.54, 1.807) is 18.9 Å². The van der Waals surface area contributed by atoms with Crippen LogP contribution in [0.15, 0.2) is 88.7 Å². The standard InChI is InChI=1S/C23H23NO3S/c1-27-21-9-5-6-10-22(21)28-20-13-11-18(12-14-20)15-16-24(23(25)26)17-19-7-3-2-4-8-19/h2-14H,15-17H2,1H3,(H,25,26). The van der Waals surface area contributed by atoms with Crippen LogP contribution in [0.2, 0.25) is 0 Å². The zero-order valence-corrected chi connectivity index (χ0v) is 16.6. The van der Waals surface area contributed by atoms with E-state index in [0.29, 0.717) is 19.5 Å². The Balaban J connectivity index is 1.59. The molecule has 0 atom stereocenters. The highest BCUT2D eigenvalue weighted by molar-refractivity contribution is 7.99. The van der Waals surface area contributed by atoms with Gasteiger partial charge in [0, 0.05) is 18.0 Å². The molecule has 5 heteroatoms. The molecule has 3 aromatic rings. The summed E-state index contributed by atoms with van der Waals surface area (Å²) in [7, 11) is 1.67. The fourth-order valence-corrected chi connectivity index (χ4v) is 3.79. The van der Waals surface area contributed by atoms with Crippen molar-refractivity contribution in [2.75, 3.05) is 13.7 Å². The molecule has 0 fully saturated rings. The van der Waals surface area contributed by atoms with Gasteiger partial charge in [-0.25, -0.2) is 4.79 Å². The van der Waals surface area contributed by atoms with E-state index in [1.807, 2.05) is 54.6 Å². The second kappa shape index (κ2) is 9.85. The molecule has 3 aromatic carbocycles. The van der Waals surface area contributed by atoms with Crippen molar-refractivity contribution in [3.8, 4) is 5.75 Å². The van der Waals surface area contributed by atoms with Gasteiger partial charge in [-0.1, -0.05) is 66.4 Å². The normalized spacial score (nSPS) is 10.5. The monoisotopic (exact) mass is 393 g/mol. The lowest BCUT2D eigenvalue weighted by molar-refractivity contribution is 0.143. The summed E-state index contributed by atoms with van der Waals surface area (Å²) in [5.74, 6) is 0.856. The van der Waals surface area contributed by atoms with Gasteiger partial charge in [-0.3, -0.25) is 0 Å². The summed E-state index contributed by atoms with van der Waals surface area (Å²) in [4.78, 5) is 15.2. The molecule has 0 saturated carbocycles. The van der Waals surface area contributed by atoms with Gasteiger partial charge in [0.1, 0.15) is 5.75 Å². The third-order valence-electron chi connectivity index (χ3n) is 4.38. The van der Waals surface area contributed by atoms with Crippen molar-refractivity contribution in [1.82, 2.24) is 4.90 Å². The van der Waals surface area contributed by atoms with Gasteiger partial charge in [-0.05, 0) is 41.8 Å². The number of hydrogen-bond donors (Lipinski definition) is 1. The highest BCUT2D eigenvalue weighted by atomic mass is 32.2. The third kappa shape index (κ3) is 5.54. The summed E-state index contributed by atoms with van der Waals surface area (Å²) >= 11 is 1.65. The van der Waals surface area contributed by atoms with Crippen LogP contribution < -0.4 is 4.74 Å². The molecule has 0 aliphatic carbocycles. The molecule has 0 aromatic heterocycles. The molecule has 3 rings (SSSR count). The second-order valence-corrected chi connectivity index (χ2v) is 7.45. The Morgan fingerprint density at radius 3 is 2.29 bits per heavy atom. The predicted molar refractivity (Wildman–Crippen MR) is 112 cm³/mol. The van der Waals surface area contributed by atoms with Crippen molar-refractivity contribution >= 4 is 17.9 Å². The van der Waals surface area contributed by atoms with Crippen LogP contribution in [0.3, 0.4) is 0 Å². The number of carbonyl (C=O) groups is 1. The highest BCUT2D eigenvalue weighted by Gasteiger charge is 2.12. The van der Waals surface area contributed by atoms with Crippen LogP contribution in [0.25, 0.3) is 0 Å². The first-order chi connectivity index (χ1) is 13.7. The minimum atomic E-state index is -0.896. The molecule has 1 amide bonds. The number of rotatable bonds is 8. The topological polar surface area (TPSA) is 49.8 Å². The molecule has 0 bridgehead atoms. The molecule has 4 nitrogen and oxygen atoms in total. The summed E-state index contributed by atoms with van der Waals surface area (Å²) in [5, 5.41) is 9.48. The number of carboxylic acid groups (broad SMARTS) is 1. The number of benzene rings is 3. The van der Waals surface area contributed by atoms with Crippen LogP contribution >= 0.6 is 11.8 Å². The van der Waals surface area contributed by atoms with E-state index in [9.17, 15) is 9.90 Å². The first kappa shape index (κ1) is 19.8. The van der Waals surface area contributed by atoms with Gasteiger partial charge in [-0.2, -0.15) is 0 Å². The number of ether oxygens (including phenoxy) is 1. The number of para-hydroxylation sites is 1. The highest BCUT2D eigenvalue weighted by Crippen LogP contribution is 2.34. The zero-order chi connectivity index (χ0) is 19.8. The first-order valence-corrected chi connectivity index (χ1v) is 9.89. The van der Waals surface area contributed by atoms with Crippen molar-refractivity contribution in [3.05, 3.63) is 90.0 Å². The molecule has 0 unspecified atom stereocenters. The van der Waals surface area contributed by atoms with Crippen LogP contribution in [0.4, 0.5) is 4.79 Å². The maximum Gasteiger partial charge on any atom is 0.407 e. The SMILES string of the molecule is COc1ccccc1Sc1ccc(CCN(Cc2ccccc2)C(=O)O)cc1. The summed E-state index contributed by atoms with van der Waals surface area (Å²) in [6.45, 7) is 0.862. The molecule has 1 N–H and O–H groups in total. The summed E-state index contributed by atoms with van der Waals surface area (Å²) in [6.07, 6.45) is -0.217. The second-order valence-electron chi connectivity index (χ2n) is 6.34. The molecule has 0 aliphatic rings. The van der Waals surface area contributed by atoms with E-state index in [2.05, 4.69) is 24.3 Å². The Bertz CT molecular complexity index is 897. The van der Waals surface area contributed by atoms with Crippen molar-refractivity contribution in [2.45, 2.75) is 22.8 Å². The number of nitrogens with zero attached hydrogens (tertiary/aromatic N) is 1. The van der Waals surface area contributed by atoms with Crippen LogP contribution in [0.5, 0.6) is 5.75 Å². The average Bonchev–Trinajstić information content (AvgIpc) is 2.73. The molecular formula is C23H23NO3S. The van der Waals surface area contributed by atoms with E-state index < -0.39 is 6.09 Å². The van der Waals surface area contributed by atoms with Gasteiger partial charge in [0.15, 0.2) is 0 Å². The van der Waals surface area contributed by atoms with Crippen LogP contribution in [-0.2, 0) is 13.0 Å². The number of methoxy groups -OCH3 is 1. The van der Waals surface area contributed by atoms with E-state index >= 15 is 0 Å². The van der Waals surface area contributed by atoms with Crippen LogP contribution in [0.1, 0.15) is 11.1 Å². The van der Waals surface area contributed by atoms with Gasteiger partial charge in [0.05, 0.1) is 12.0 Å². The zero-order valence-electron chi connectivity index (χ0n) is 15.7. The fraction of sp³-hybridized carbons (Fsp3) is 0.174. The Hall–Kier alpha value is -2.92. The van der Waals surface area contributed by atoms with Crippen molar-refractivity contribution in [1.29, 1.82) is 0 Å². The Labute approximate surface area is 169 Å². The average molecular weight is 394 g/mol. The van der Waals surface area contributed by atoms with Crippen LogP contribution in [-0.4, -0.2) is 29.8 Å². The van der Waals surface area contributed by atoms with Gasteiger partial charge in [0.25, 0.3) is 0 Å². The first-order valence-electron chi connectivity index (χ1n) is 9.07. The van der Waals surface area contributed by atoms with Gasteiger partial charge in [-0.15, -0.1) is 0 Å². The lowest BCUT2D eigenvalue weighted by Crippen LogP contribution is -2.30. The molecule has 28 heavy (non-hydrogen) atoms. The number of hydrogen-bond acceptors (Lipinski definition) is 3. The van der Waals surface area contributed by atoms with Gasteiger partial charge in [0.2, 0.25) is 0 Å². The minimum Gasteiger partial charge on any atom is -0.496 e. The molecule has 0 heterocycles. The molecule has 0 aliphatic heterocycles. The van der Waals surface area contributed by atoms with E-state index in [0.717, 1.165) is 26.7 Å². The predicted octanol–water partition coefficient (Wildman–Crippen LogP) is 5.57. The molecule has 144 valence electrons. The largest absolute Gasteiger partial charge is 0.496 e. The van der Waals surface area contributed by atoms with E-state index in [-0.39, 0.29) is 0 Å². The lowest BCUT2D eigenvalue weighted by atomic mass is 10.1. The molecule has 0 saturated heterocycles. The Morgan fingerprint density at radius 1 is 0.929 bits per heavy atom. The molecular weight excluding hydrogens is 370 g/mol. The minimum absolute atomic E-state index is 0.401. The summed E-state index contributed by atoms with van der Waals surface area (Å²) in [6, 6.07) is 25.8.